The first-order valence-corrected chi connectivity index (χ1v) is 9.76. The van der Waals surface area contributed by atoms with Gasteiger partial charge in [0.25, 0.3) is 0 Å². The predicted octanol–water partition coefficient (Wildman–Crippen LogP) is 2.54. The lowest BCUT2D eigenvalue weighted by molar-refractivity contribution is -0.305. The number of anilines is 1. The largest absolute Gasteiger partial charge is 0.550 e. The molecule has 0 aromatic carbocycles. The fourth-order valence-corrected chi connectivity index (χ4v) is 4.57. The number of carbonyl (C=O) groups excluding carboxylic acids is 3. The molecule has 0 fully saturated rings. The molecule has 0 radical (unpaired) electrons. The van der Waals surface area contributed by atoms with Gasteiger partial charge in [0, 0.05) is 17.3 Å². The van der Waals surface area contributed by atoms with Crippen LogP contribution in [0.5, 0.6) is 0 Å². The topological polar surface area (TPSA) is 95.5 Å². The molecular formula is C19H26NO5S-. The molecule has 7 heteroatoms. The Labute approximate surface area is 157 Å². The third-order valence-electron chi connectivity index (χ3n) is 4.78. The maximum atomic E-state index is 12.5. The first kappa shape index (κ1) is 20.4. The lowest BCUT2D eigenvalue weighted by Gasteiger charge is -2.33. The number of carbonyl (C=O) groups is 3. The van der Waals surface area contributed by atoms with Crippen molar-refractivity contribution in [3.8, 4) is 0 Å². The molecule has 0 aliphatic heterocycles. The molecule has 144 valence electrons. The van der Waals surface area contributed by atoms with Gasteiger partial charge in [0.2, 0.25) is 5.91 Å². The molecule has 1 aliphatic carbocycles. The van der Waals surface area contributed by atoms with Crippen molar-refractivity contribution in [2.24, 2.45) is 11.3 Å². The zero-order chi connectivity index (χ0) is 19.5. The van der Waals surface area contributed by atoms with Gasteiger partial charge in [0.1, 0.15) is 5.00 Å². The Bertz CT molecular complexity index is 702. The van der Waals surface area contributed by atoms with Crippen LogP contribution in [0.4, 0.5) is 5.00 Å². The Hall–Kier alpha value is -1.89. The van der Waals surface area contributed by atoms with Crippen LogP contribution in [0.15, 0.2) is 0 Å². The number of esters is 1. The summed E-state index contributed by atoms with van der Waals surface area (Å²) in [7, 11) is 0. The van der Waals surface area contributed by atoms with Crippen molar-refractivity contribution in [2.45, 2.75) is 59.8 Å². The second kappa shape index (κ2) is 8.20. The number of nitrogens with one attached hydrogen (secondary N) is 1. The molecule has 6 nitrogen and oxygen atoms in total. The number of ether oxygens (including phenoxy) is 1. The maximum Gasteiger partial charge on any atom is 0.341 e. The monoisotopic (exact) mass is 380 g/mol. The van der Waals surface area contributed by atoms with Gasteiger partial charge >= 0.3 is 5.97 Å². The maximum absolute atomic E-state index is 12.5. The second-order valence-electron chi connectivity index (χ2n) is 7.65. The smallest absolute Gasteiger partial charge is 0.341 e. The SMILES string of the molecule is CCOC(=O)c1c(NC(=O)CCC(=O)[O-])sc2c1CC[C@H](C(C)(C)C)C2. The molecule has 1 heterocycles. The summed E-state index contributed by atoms with van der Waals surface area (Å²) in [5, 5.41) is 13.7. The number of hydrogen-bond donors (Lipinski definition) is 1. The van der Waals surface area contributed by atoms with E-state index in [2.05, 4.69) is 26.1 Å². The highest BCUT2D eigenvalue weighted by Gasteiger charge is 2.34. The lowest BCUT2D eigenvalue weighted by atomic mass is 9.72. The number of amides is 1. The minimum Gasteiger partial charge on any atom is -0.550 e. The molecule has 26 heavy (non-hydrogen) atoms. The zero-order valence-electron chi connectivity index (χ0n) is 15.8. The van der Waals surface area contributed by atoms with E-state index >= 15 is 0 Å². The van der Waals surface area contributed by atoms with E-state index in [9.17, 15) is 19.5 Å². The Morgan fingerprint density at radius 2 is 1.96 bits per heavy atom. The summed E-state index contributed by atoms with van der Waals surface area (Å²) in [5.41, 5.74) is 1.56. The number of fused-ring (bicyclic) bond motifs is 1. The summed E-state index contributed by atoms with van der Waals surface area (Å²) < 4.78 is 5.18. The quantitative estimate of drug-likeness (QED) is 0.765. The Kier molecular flexibility index (Phi) is 6.44. The molecule has 1 atom stereocenters. The highest BCUT2D eigenvalue weighted by molar-refractivity contribution is 7.17. The van der Waals surface area contributed by atoms with Gasteiger partial charge in [-0.15, -0.1) is 11.3 Å². The van der Waals surface area contributed by atoms with Gasteiger partial charge in [0.15, 0.2) is 0 Å². The second-order valence-corrected chi connectivity index (χ2v) is 8.76. The summed E-state index contributed by atoms with van der Waals surface area (Å²) in [6.45, 7) is 8.64. The van der Waals surface area contributed by atoms with E-state index in [1.54, 1.807) is 6.92 Å². The standard InChI is InChI=1S/C19H27NO5S/c1-5-25-18(24)16-12-7-6-11(19(2,3)4)10-13(12)26-17(16)20-14(21)8-9-15(22)23/h11H,5-10H2,1-4H3,(H,20,21)(H,22,23)/p-1/t11-/m0/s1. The van der Waals surface area contributed by atoms with E-state index in [1.807, 2.05) is 0 Å². The van der Waals surface area contributed by atoms with Gasteiger partial charge < -0.3 is 20.0 Å². The first-order valence-electron chi connectivity index (χ1n) is 8.94. The number of aliphatic carboxylic acids is 1. The summed E-state index contributed by atoms with van der Waals surface area (Å²) >= 11 is 1.40. The summed E-state index contributed by atoms with van der Waals surface area (Å²) in [5.74, 6) is -1.64. The number of rotatable bonds is 6. The van der Waals surface area contributed by atoms with Crippen LogP contribution in [0.1, 0.15) is 67.8 Å². The predicted molar refractivity (Wildman–Crippen MR) is 98.1 cm³/mol. The van der Waals surface area contributed by atoms with Gasteiger partial charge in [-0.3, -0.25) is 4.79 Å². The summed E-state index contributed by atoms with van der Waals surface area (Å²) in [4.78, 5) is 36.1. The minimum absolute atomic E-state index is 0.170. The molecule has 0 saturated carbocycles. The molecule has 1 aromatic rings. The molecule has 0 unspecified atom stereocenters. The van der Waals surface area contributed by atoms with E-state index in [4.69, 9.17) is 4.74 Å². The van der Waals surface area contributed by atoms with Crippen molar-refractivity contribution in [3.05, 3.63) is 16.0 Å². The van der Waals surface area contributed by atoms with Crippen LogP contribution in [0, 0.1) is 11.3 Å². The molecule has 0 bridgehead atoms. The molecule has 1 aliphatic rings. The highest BCUT2D eigenvalue weighted by Crippen LogP contribution is 2.44. The third-order valence-corrected chi connectivity index (χ3v) is 5.95. The highest BCUT2D eigenvalue weighted by atomic mass is 32.1. The van der Waals surface area contributed by atoms with Crippen LogP contribution < -0.4 is 10.4 Å². The molecular weight excluding hydrogens is 354 g/mol. The van der Waals surface area contributed by atoms with E-state index < -0.39 is 17.8 Å². The minimum atomic E-state index is -1.27. The van der Waals surface area contributed by atoms with Crippen molar-refractivity contribution in [3.63, 3.8) is 0 Å². The van der Waals surface area contributed by atoms with Gasteiger partial charge in [-0.05, 0) is 49.5 Å². The first-order chi connectivity index (χ1) is 12.1. The van der Waals surface area contributed by atoms with Crippen molar-refractivity contribution < 1.29 is 24.2 Å². The average molecular weight is 380 g/mol. The van der Waals surface area contributed by atoms with Crippen LogP contribution in [-0.4, -0.2) is 24.5 Å². The van der Waals surface area contributed by atoms with Gasteiger partial charge in [0.05, 0.1) is 12.2 Å². The fraction of sp³-hybridized carbons (Fsp3) is 0.632. The van der Waals surface area contributed by atoms with Gasteiger partial charge in [-0.1, -0.05) is 20.8 Å². The molecule has 0 saturated heterocycles. The van der Waals surface area contributed by atoms with Gasteiger partial charge in [-0.2, -0.15) is 0 Å². The number of carboxylic acid groups (broad SMARTS) is 1. The van der Waals surface area contributed by atoms with Crippen molar-refractivity contribution in [1.82, 2.24) is 0 Å². The van der Waals surface area contributed by atoms with Crippen molar-refractivity contribution in [2.75, 3.05) is 11.9 Å². The Balaban J connectivity index is 2.29. The van der Waals surface area contributed by atoms with Crippen LogP contribution in [0.2, 0.25) is 0 Å². The normalized spacial score (nSPS) is 16.7. The lowest BCUT2D eigenvalue weighted by Crippen LogP contribution is -2.26. The van der Waals surface area contributed by atoms with Crippen LogP contribution in [0.3, 0.4) is 0 Å². The molecule has 1 N–H and O–H groups in total. The number of hydrogen-bond acceptors (Lipinski definition) is 6. The average Bonchev–Trinajstić information content (AvgIpc) is 2.89. The van der Waals surface area contributed by atoms with Gasteiger partial charge in [-0.25, -0.2) is 4.79 Å². The van der Waals surface area contributed by atoms with E-state index in [0.29, 0.717) is 16.5 Å². The van der Waals surface area contributed by atoms with Crippen LogP contribution >= 0.6 is 11.3 Å². The van der Waals surface area contributed by atoms with Crippen LogP contribution in [0.25, 0.3) is 0 Å². The van der Waals surface area contributed by atoms with Crippen LogP contribution in [-0.2, 0) is 27.2 Å². The van der Waals surface area contributed by atoms with E-state index in [1.165, 1.54) is 11.3 Å². The van der Waals surface area contributed by atoms with E-state index in [-0.39, 0.29) is 24.9 Å². The third kappa shape index (κ3) is 4.84. The number of carboxylic acids is 1. The zero-order valence-corrected chi connectivity index (χ0v) is 16.6. The molecule has 1 aromatic heterocycles. The Morgan fingerprint density at radius 3 is 2.54 bits per heavy atom. The van der Waals surface area contributed by atoms with E-state index in [0.717, 1.165) is 29.7 Å². The van der Waals surface area contributed by atoms with Crippen molar-refractivity contribution in [1.29, 1.82) is 0 Å². The molecule has 1 amide bonds. The summed E-state index contributed by atoms with van der Waals surface area (Å²) in [6, 6.07) is 0. The summed E-state index contributed by atoms with van der Waals surface area (Å²) in [6.07, 6.45) is 2.09. The Morgan fingerprint density at radius 1 is 1.27 bits per heavy atom. The molecule has 2 rings (SSSR count). The fourth-order valence-electron chi connectivity index (χ4n) is 3.24. The number of thiophene rings is 1. The molecule has 0 spiro atoms. The van der Waals surface area contributed by atoms with Crippen molar-refractivity contribution >= 4 is 34.2 Å².